The van der Waals surface area contributed by atoms with Crippen LogP contribution in [0, 0.1) is 0 Å². The summed E-state index contributed by atoms with van der Waals surface area (Å²) in [6, 6.07) is 0.827. The minimum absolute atomic E-state index is 0.413. The summed E-state index contributed by atoms with van der Waals surface area (Å²) >= 11 is 6.20. The molecule has 14 heavy (non-hydrogen) atoms. The molecule has 1 unspecified atom stereocenters. The fourth-order valence-corrected chi connectivity index (χ4v) is 3.64. The molecular weight excluding hydrogens is 219 g/mol. The van der Waals surface area contributed by atoms with E-state index in [1.807, 2.05) is 0 Å². The van der Waals surface area contributed by atoms with Gasteiger partial charge in [-0.15, -0.1) is 0 Å². The van der Waals surface area contributed by atoms with Crippen LogP contribution in [0.5, 0.6) is 0 Å². The molecule has 0 radical (unpaired) electrons. The monoisotopic (exact) mass is 240 g/mol. The van der Waals surface area contributed by atoms with Gasteiger partial charge in [-0.05, 0) is 51.9 Å². The lowest BCUT2D eigenvalue weighted by atomic mass is 10.3. The van der Waals surface area contributed by atoms with E-state index in [0.717, 1.165) is 6.42 Å². The predicted octanol–water partition coefficient (Wildman–Crippen LogP) is 2.94. The zero-order valence-corrected chi connectivity index (χ0v) is 11.2. The maximum atomic E-state index is 6.20. The quantitative estimate of drug-likeness (QED) is 0.549. The van der Waals surface area contributed by atoms with Crippen LogP contribution in [-0.4, -0.2) is 29.9 Å². The summed E-state index contributed by atoms with van der Waals surface area (Å²) in [5, 5.41) is 0. The van der Waals surface area contributed by atoms with Crippen molar-refractivity contribution in [2.24, 2.45) is 5.73 Å². The summed E-state index contributed by atoms with van der Waals surface area (Å²) in [5.41, 5.74) is 5.38. The number of rotatable bonds is 7. The second-order valence-electron chi connectivity index (χ2n) is 3.77. The summed E-state index contributed by atoms with van der Waals surface area (Å²) in [7, 11) is -0.985. The molecule has 5 heteroatoms. The van der Waals surface area contributed by atoms with Crippen LogP contribution in [0.3, 0.4) is 0 Å². The molecule has 3 nitrogen and oxygen atoms in total. The van der Waals surface area contributed by atoms with Crippen molar-refractivity contribution in [3.05, 3.63) is 0 Å². The van der Waals surface area contributed by atoms with Gasteiger partial charge in [-0.2, -0.15) is 0 Å². The number of hydrogen-bond donors (Lipinski definition) is 1. The van der Waals surface area contributed by atoms with Crippen LogP contribution >= 0.6 is 18.9 Å². The molecular formula is C9H22ClN2OP. The Bertz CT molecular complexity index is 139. The summed E-state index contributed by atoms with van der Waals surface area (Å²) in [5.74, 6) is 0. The summed E-state index contributed by atoms with van der Waals surface area (Å²) in [6.07, 6.45) is 0.871. The lowest BCUT2D eigenvalue weighted by molar-refractivity contribution is 0.261. The Morgan fingerprint density at radius 1 is 1.29 bits per heavy atom. The zero-order chi connectivity index (χ0) is 11.1. The molecule has 0 bridgehead atoms. The second kappa shape index (κ2) is 7.84. The molecule has 0 saturated carbocycles. The van der Waals surface area contributed by atoms with Gasteiger partial charge in [0.05, 0.1) is 6.61 Å². The Hall–Kier alpha value is 0.600. The summed E-state index contributed by atoms with van der Waals surface area (Å²) in [6.45, 7) is 9.83. The highest BCUT2D eigenvalue weighted by Crippen LogP contribution is 2.49. The van der Waals surface area contributed by atoms with Crippen LogP contribution in [0.2, 0.25) is 0 Å². The van der Waals surface area contributed by atoms with E-state index in [9.17, 15) is 0 Å². The molecule has 0 aliphatic rings. The van der Waals surface area contributed by atoms with Crippen molar-refractivity contribution < 1.29 is 4.52 Å². The lowest BCUT2D eigenvalue weighted by Crippen LogP contribution is -2.31. The number of nitrogens with zero attached hydrogens (tertiary/aromatic N) is 1. The fraction of sp³-hybridized carbons (Fsp3) is 1.00. The van der Waals surface area contributed by atoms with Gasteiger partial charge in [0, 0.05) is 12.1 Å². The molecule has 0 spiro atoms. The highest BCUT2D eigenvalue weighted by Gasteiger charge is 2.23. The summed E-state index contributed by atoms with van der Waals surface area (Å²) < 4.78 is 7.73. The Labute approximate surface area is 93.6 Å². The molecule has 0 amide bonds. The van der Waals surface area contributed by atoms with E-state index in [1.165, 1.54) is 0 Å². The summed E-state index contributed by atoms with van der Waals surface area (Å²) in [4.78, 5) is 0. The molecule has 0 fully saturated rings. The molecule has 0 heterocycles. The highest BCUT2D eigenvalue weighted by molar-refractivity contribution is 7.78. The first-order valence-corrected chi connectivity index (χ1v) is 7.19. The van der Waals surface area contributed by atoms with Crippen molar-refractivity contribution in [1.29, 1.82) is 0 Å². The van der Waals surface area contributed by atoms with Crippen LogP contribution in [-0.2, 0) is 4.52 Å². The van der Waals surface area contributed by atoms with Gasteiger partial charge in [-0.1, -0.05) is 0 Å². The Balaban J connectivity index is 3.96. The van der Waals surface area contributed by atoms with E-state index in [0.29, 0.717) is 25.2 Å². The molecule has 0 aromatic heterocycles. The Kier molecular flexibility index (Phi) is 8.17. The van der Waals surface area contributed by atoms with Gasteiger partial charge in [-0.3, -0.25) is 0 Å². The van der Waals surface area contributed by atoms with Crippen LogP contribution in [0.1, 0.15) is 34.1 Å². The van der Waals surface area contributed by atoms with Crippen molar-refractivity contribution in [3.8, 4) is 0 Å². The smallest absolute Gasteiger partial charge is 0.207 e. The van der Waals surface area contributed by atoms with Gasteiger partial charge in [0.2, 0.25) is 7.65 Å². The van der Waals surface area contributed by atoms with Crippen molar-refractivity contribution >= 4 is 18.9 Å². The van der Waals surface area contributed by atoms with Gasteiger partial charge in [-0.25, -0.2) is 4.67 Å². The average Bonchev–Trinajstić information content (AvgIpc) is 2.03. The molecule has 1 atom stereocenters. The Morgan fingerprint density at radius 2 is 1.79 bits per heavy atom. The van der Waals surface area contributed by atoms with Gasteiger partial charge in [0.25, 0.3) is 0 Å². The van der Waals surface area contributed by atoms with Gasteiger partial charge < -0.3 is 10.3 Å². The third-order valence-electron chi connectivity index (χ3n) is 1.79. The highest BCUT2D eigenvalue weighted by atomic mass is 35.7. The Morgan fingerprint density at radius 3 is 2.14 bits per heavy atom. The first-order chi connectivity index (χ1) is 6.50. The SMILES string of the molecule is CC(C)N(C(C)C)P(Cl)OCCCN. The minimum Gasteiger partial charge on any atom is -0.331 e. The van der Waals surface area contributed by atoms with E-state index < -0.39 is 7.65 Å². The molecule has 0 aliphatic carbocycles. The zero-order valence-electron chi connectivity index (χ0n) is 9.53. The van der Waals surface area contributed by atoms with E-state index in [4.69, 9.17) is 21.5 Å². The third kappa shape index (κ3) is 5.47. The molecule has 0 aromatic carbocycles. The predicted molar refractivity (Wildman–Crippen MR) is 64.5 cm³/mol. The van der Waals surface area contributed by atoms with E-state index in [2.05, 4.69) is 32.4 Å². The van der Waals surface area contributed by atoms with Crippen molar-refractivity contribution in [2.75, 3.05) is 13.2 Å². The largest absolute Gasteiger partial charge is 0.331 e. The number of hydrogen-bond acceptors (Lipinski definition) is 3. The van der Waals surface area contributed by atoms with Crippen molar-refractivity contribution in [2.45, 2.75) is 46.2 Å². The van der Waals surface area contributed by atoms with E-state index in [-0.39, 0.29) is 0 Å². The molecule has 0 aromatic rings. The van der Waals surface area contributed by atoms with Crippen LogP contribution in [0.25, 0.3) is 0 Å². The normalized spacial score (nSPS) is 14.4. The van der Waals surface area contributed by atoms with E-state index in [1.54, 1.807) is 0 Å². The molecule has 0 saturated heterocycles. The van der Waals surface area contributed by atoms with Gasteiger partial charge >= 0.3 is 0 Å². The molecule has 86 valence electrons. The van der Waals surface area contributed by atoms with Crippen LogP contribution in [0.4, 0.5) is 0 Å². The van der Waals surface area contributed by atoms with Crippen molar-refractivity contribution in [1.82, 2.24) is 4.67 Å². The average molecular weight is 241 g/mol. The maximum absolute atomic E-state index is 6.20. The minimum atomic E-state index is -0.985. The number of nitrogens with two attached hydrogens (primary N) is 1. The van der Waals surface area contributed by atoms with Gasteiger partial charge in [0.15, 0.2) is 0 Å². The first-order valence-electron chi connectivity index (χ1n) is 5.07. The molecule has 0 rings (SSSR count). The molecule has 2 N–H and O–H groups in total. The second-order valence-corrected chi connectivity index (χ2v) is 5.81. The van der Waals surface area contributed by atoms with E-state index >= 15 is 0 Å². The topological polar surface area (TPSA) is 38.5 Å². The van der Waals surface area contributed by atoms with Crippen LogP contribution in [0.15, 0.2) is 0 Å². The van der Waals surface area contributed by atoms with Crippen molar-refractivity contribution in [3.63, 3.8) is 0 Å². The first kappa shape index (κ1) is 14.6. The maximum Gasteiger partial charge on any atom is 0.207 e. The lowest BCUT2D eigenvalue weighted by Gasteiger charge is -2.32. The van der Waals surface area contributed by atoms with Crippen LogP contribution < -0.4 is 5.73 Å². The standard InChI is InChI=1S/C9H22ClN2OP/c1-8(2)12(9(3)4)14(10)13-7-5-6-11/h8-9H,5-7,11H2,1-4H3. The number of halogens is 1. The molecule has 0 aliphatic heterocycles. The third-order valence-corrected chi connectivity index (χ3v) is 4.29. The van der Waals surface area contributed by atoms with Gasteiger partial charge in [0.1, 0.15) is 0 Å². The fourth-order valence-electron chi connectivity index (χ4n) is 1.25.